The monoisotopic (exact) mass is 233 g/mol. The van der Waals surface area contributed by atoms with Gasteiger partial charge in [-0.05, 0) is 32.1 Å². The molecule has 90 valence electrons. The third-order valence-electron chi connectivity index (χ3n) is 2.93. The van der Waals surface area contributed by atoms with Crippen molar-refractivity contribution in [3.63, 3.8) is 0 Å². The molecule has 1 fully saturated rings. The van der Waals surface area contributed by atoms with Gasteiger partial charge in [-0.25, -0.2) is 8.42 Å². The van der Waals surface area contributed by atoms with E-state index in [1.807, 2.05) is 0 Å². The molecule has 0 unspecified atom stereocenters. The molecule has 0 aromatic carbocycles. The van der Waals surface area contributed by atoms with Crippen molar-refractivity contribution in [1.82, 2.24) is 5.32 Å². The van der Waals surface area contributed by atoms with E-state index >= 15 is 0 Å². The molecule has 1 saturated heterocycles. The standard InChI is InChI=1S/C11H23NO2S/c1-9(2)4-5-10(3)12-11-6-7-15(13,14)8-11/h9-12H,4-8H2,1-3H3/t10-,11+/m0/s1. The van der Waals surface area contributed by atoms with Gasteiger partial charge in [-0.15, -0.1) is 0 Å². The first-order valence-corrected chi connectivity index (χ1v) is 7.67. The van der Waals surface area contributed by atoms with Crippen molar-refractivity contribution in [2.75, 3.05) is 11.5 Å². The van der Waals surface area contributed by atoms with Gasteiger partial charge in [0, 0.05) is 12.1 Å². The number of rotatable bonds is 5. The minimum absolute atomic E-state index is 0.192. The fourth-order valence-corrected chi connectivity index (χ4v) is 3.68. The molecule has 0 saturated carbocycles. The second-order valence-corrected chi connectivity index (χ2v) is 7.37. The average Bonchev–Trinajstić information content (AvgIpc) is 2.42. The Bertz CT molecular complexity index is 285. The smallest absolute Gasteiger partial charge is 0.151 e. The first kappa shape index (κ1) is 13.0. The lowest BCUT2D eigenvalue weighted by molar-refractivity contribution is 0.414. The average molecular weight is 233 g/mol. The van der Waals surface area contributed by atoms with Crippen molar-refractivity contribution in [1.29, 1.82) is 0 Å². The third-order valence-corrected chi connectivity index (χ3v) is 4.70. The molecule has 1 aliphatic heterocycles. The van der Waals surface area contributed by atoms with Gasteiger partial charge in [-0.2, -0.15) is 0 Å². The van der Waals surface area contributed by atoms with Gasteiger partial charge < -0.3 is 5.32 Å². The molecule has 0 amide bonds. The molecule has 1 rings (SSSR count). The molecule has 3 nitrogen and oxygen atoms in total. The number of sulfone groups is 1. The van der Waals surface area contributed by atoms with Crippen LogP contribution in [-0.2, 0) is 9.84 Å². The molecular weight excluding hydrogens is 210 g/mol. The summed E-state index contributed by atoms with van der Waals surface area (Å²) < 4.78 is 22.5. The molecule has 4 heteroatoms. The van der Waals surface area contributed by atoms with Gasteiger partial charge in [0.1, 0.15) is 0 Å². The Balaban J connectivity index is 2.24. The summed E-state index contributed by atoms with van der Waals surface area (Å²) in [5.74, 6) is 1.42. The van der Waals surface area contributed by atoms with Gasteiger partial charge in [-0.3, -0.25) is 0 Å². The number of hydrogen-bond donors (Lipinski definition) is 1. The molecule has 0 aliphatic carbocycles. The summed E-state index contributed by atoms with van der Waals surface area (Å²) in [4.78, 5) is 0. The molecular formula is C11H23NO2S. The molecule has 0 radical (unpaired) electrons. The molecule has 0 aromatic heterocycles. The SMILES string of the molecule is CC(C)CC[C@H](C)N[C@@H]1CCS(=O)(=O)C1. The van der Waals surface area contributed by atoms with Gasteiger partial charge in [-0.1, -0.05) is 13.8 Å². The van der Waals surface area contributed by atoms with Crippen LogP contribution < -0.4 is 5.32 Å². The summed E-state index contributed by atoms with van der Waals surface area (Å²) in [6.07, 6.45) is 3.12. The van der Waals surface area contributed by atoms with E-state index in [1.165, 1.54) is 6.42 Å². The molecule has 1 heterocycles. The zero-order valence-electron chi connectivity index (χ0n) is 9.99. The lowest BCUT2D eigenvalue weighted by Gasteiger charge is -2.19. The Labute approximate surface area is 93.6 Å². The van der Waals surface area contributed by atoms with Crippen LogP contribution in [0.1, 0.15) is 40.0 Å². The highest BCUT2D eigenvalue weighted by Crippen LogP contribution is 2.14. The highest BCUT2D eigenvalue weighted by atomic mass is 32.2. The summed E-state index contributed by atoms with van der Waals surface area (Å²) in [5, 5.41) is 3.41. The van der Waals surface area contributed by atoms with Crippen molar-refractivity contribution in [3.05, 3.63) is 0 Å². The molecule has 1 N–H and O–H groups in total. The van der Waals surface area contributed by atoms with Crippen LogP contribution >= 0.6 is 0 Å². The quantitative estimate of drug-likeness (QED) is 0.784. The second-order valence-electron chi connectivity index (χ2n) is 5.14. The van der Waals surface area contributed by atoms with E-state index in [9.17, 15) is 8.42 Å². The molecule has 1 aliphatic rings. The predicted octanol–water partition coefficient (Wildman–Crippen LogP) is 1.59. The van der Waals surface area contributed by atoms with Crippen molar-refractivity contribution in [2.45, 2.75) is 52.1 Å². The fourth-order valence-electron chi connectivity index (χ4n) is 2.00. The van der Waals surface area contributed by atoms with Crippen LogP contribution in [0.2, 0.25) is 0 Å². The van der Waals surface area contributed by atoms with E-state index in [0.717, 1.165) is 18.8 Å². The number of nitrogens with one attached hydrogen (secondary N) is 1. The Morgan fingerprint density at radius 3 is 2.40 bits per heavy atom. The van der Waals surface area contributed by atoms with Gasteiger partial charge in [0.2, 0.25) is 0 Å². The van der Waals surface area contributed by atoms with Gasteiger partial charge >= 0.3 is 0 Å². The molecule has 0 bridgehead atoms. The van der Waals surface area contributed by atoms with E-state index < -0.39 is 9.84 Å². The van der Waals surface area contributed by atoms with Crippen LogP contribution in [0.25, 0.3) is 0 Å². The van der Waals surface area contributed by atoms with Crippen LogP contribution in [0.15, 0.2) is 0 Å². The van der Waals surface area contributed by atoms with Crippen LogP contribution in [0.3, 0.4) is 0 Å². The Kier molecular flexibility index (Phi) is 4.59. The molecule has 0 spiro atoms. The summed E-state index contributed by atoms with van der Waals surface area (Å²) in [6.45, 7) is 6.58. The minimum Gasteiger partial charge on any atom is -0.310 e. The van der Waals surface area contributed by atoms with E-state index in [0.29, 0.717) is 17.5 Å². The fraction of sp³-hybridized carbons (Fsp3) is 1.00. The maximum Gasteiger partial charge on any atom is 0.151 e. The Hall–Kier alpha value is -0.0900. The summed E-state index contributed by atoms with van der Waals surface area (Å²) >= 11 is 0. The minimum atomic E-state index is -2.73. The van der Waals surface area contributed by atoms with Crippen LogP contribution in [0.5, 0.6) is 0 Å². The maximum absolute atomic E-state index is 11.2. The molecule has 0 aromatic rings. The van der Waals surface area contributed by atoms with E-state index in [1.54, 1.807) is 0 Å². The largest absolute Gasteiger partial charge is 0.310 e. The van der Waals surface area contributed by atoms with E-state index in [4.69, 9.17) is 0 Å². The van der Waals surface area contributed by atoms with E-state index in [2.05, 4.69) is 26.1 Å². The second kappa shape index (κ2) is 5.30. The Morgan fingerprint density at radius 2 is 1.93 bits per heavy atom. The predicted molar refractivity (Wildman–Crippen MR) is 63.7 cm³/mol. The summed E-state index contributed by atoms with van der Waals surface area (Å²) in [7, 11) is -2.73. The van der Waals surface area contributed by atoms with Crippen LogP contribution in [0, 0.1) is 5.92 Å². The number of hydrogen-bond acceptors (Lipinski definition) is 3. The third kappa shape index (κ3) is 4.98. The first-order chi connectivity index (χ1) is 6.89. The van der Waals surface area contributed by atoms with Crippen molar-refractivity contribution in [2.24, 2.45) is 5.92 Å². The highest BCUT2D eigenvalue weighted by Gasteiger charge is 2.28. The van der Waals surface area contributed by atoms with Gasteiger partial charge in [0.15, 0.2) is 9.84 Å². The maximum atomic E-state index is 11.2. The van der Waals surface area contributed by atoms with Gasteiger partial charge in [0.05, 0.1) is 11.5 Å². The zero-order chi connectivity index (χ0) is 11.5. The summed E-state index contributed by atoms with van der Waals surface area (Å²) in [5.41, 5.74) is 0. The van der Waals surface area contributed by atoms with Crippen LogP contribution in [-0.4, -0.2) is 32.0 Å². The Morgan fingerprint density at radius 1 is 1.27 bits per heavy atom. The summed E-state index contributed by atoms with van der Waals surface area (Å²) in [6, 6.07) is 0.628. The normalized spacial score (nSPS) is 27.1. The van der Waals surface area contributed by atoms with Crippen molar-refractivity contribution < 1.29 is 8.42 Å². The van der Waals surface area contributed by atoms with E-state index in [-0.39, 0.29) is 6.04 Å². The van der Waals surface area contributed by atoms with Crippen molar-refractivity contribution >= 4 is 9.84 Å². The van der Waals surface area contributed by atoms with Gasteiger partial charge in [0.25, 0.3) is 0 Å². The lowest BCUT2D eigenvalue weighted by atomic mass is 10.0. The first-order valence-electron chi connectivity index (χ1n) is 5.85. The molecule has 15 heavy (non-hydrogen) atoms. The highest BCUT2D eigenvalue weighted by molar-refractivity contribution is 7.91. The van der Waals surface area contributed by atoms with Crippen LogP contribution in [0.4, 0.5) is 0 Å². The zero-order valence-corrected chi connectivity index (χ0v) is 10.8. The molecule has 2 atom stereocenters. The topological polar surface area (TPSA) is 46.2 Å². The lowest BCUT2D eigenvalue weighted by Crippen LogP contribution is -2.37. The van der Waals surface area contributed by atoms with Crippen molar-refractivity contribution in [3.8, 4) is 0 Å².